The minimum absolute atomic E-state index is 0.0197. The van der Waals surface area contributed by atoms with Crippen LogP contribution < -0.4 is 5.73 Å². The highest BCUT2D eigenvalue weighted by Gasteiger charge is 2.18. The van der Waals surface area contributed by atoms with Crippen LogP contribution in [0.2, 0.25) is 0 Å². The highest BCUT2D eigenvalue weighted by atomic mass is 19.2. The second kappa shape index (κ2) is 5.92. The van der Waals surface area contributed by atoms with E-state index in [0.29, 0.717) is 18.5 Å². The standard InChI is InChI=1S/C12H17F2NO/c1-8(10(6-15)7-16)5-9-3-2-4-11(13)12(9)14/h2-4,8,10,16H,5-7,15H2,1H3. The largest absolute Gasteiger partial charge is 0.396 e. The summed E-state index contributed by atoms with van der Waals surface area (Å²) in [6, 6.07) is 4.13. The van der Waals surface area contributed by atoms with Crippen LogP contribution in [0.25, 0.3) is 0 Å². The molecule has 2 atom stereocenters. The Hall–Kier alpha value is -1.00. The zero-order valence-electron chi connectivity index (χ0n) is 9.29. The molecule has 0 saturated heterocycles. The Morgan fingerprint density at radius 1 is 1.38 bits per heavy atom. The Kier molecular flexibility index (Phi) is 4.83. The molecule has 0 amide bonds. The van der Waals surface area contributed by atoms with Crippen molar-refractivity contribution in [3.05, 3.63) is 35.4 Å². The zero-order valence-corrected chi connectivity index (χ0v) is 9.29. The molecule has 16 heavy (non-hydrogen) atoms. The van der Waals surface area contributed by atoms with Gasteiger partial charge in [0.1, 0.15) is 0 Å². The van der Waals surface area contributed by atoms with Crippen molar-refractivity contribution in [2.75, 3.05) is 13.2 Å². The van der Waals surface area contributed by atoms with Crippen molar-refractivity contribution in [2.24, 2.45) is 17.6 Å². The van der Waals surface area contributed by atoms with Crippen LogP contribution in [-0.4, -0.2) is 18.3 Å². The Morgan fingerprint density at radius 2 is 2.06 bits per heavy atom. The lowest BCUT2D eigenvalue weighted by atomic mass is 9.89. The van der Waals surface area contributed by atoms with Gasteiger partial charge in [0, 0.05) is 6.61 Å². The average Bonchev–Trinajstić information content (AvgIpc) is 2.26. The topological polar surface area (TPSA) is 46.2 Å². The van der Waals surface area contributed by atoms with Crippen LogP contribution in [0.4, 0.5) is 8.78 Å². The van der Waals surface area contributed by atoms with Gasteiger partial charge in [-0.2, -0.15) is 0 Å². The number of hydrogen-bond donors (Lipinski definition) is 2. The van der Waals surface area contributed by atoms with Crippen LogP contribution in [0.5, 0.6) is 0 Å². The summed E-state index contributed by atoms with van der Waals surface area (Å²) in [5.41, 5.74) is 5.81. The maximum atomic E-state index is 13.4. The van der Waals surface area contributed by atoms with E-state index < -0.39 is 11.6 Å². The van der Waals surface area contributed by atoms with E-state index in [2.05, 4.69) is 0 Å². The second-order valence-electron chi connectivity index (χ2n) is 4.07. The third-order valence-electron chi connectivity index (χ3n) is 2.92. The molecule has 2 unspecified atom stereocenters. The van der Waals surface area contributed by atoms with Gasteiger partial charge in [-0.3, -0.25) is 0 Å². The van der Waals surface area contributed by atoms with Crippen LogP contribution in [0.3, 0.4) is 0 Å². The summed E-state index contributed by atoms with van der Waals surface area (Å²) < 4.78 is 26.3. The van der Waals surface area contributed by atoms with Crippen molar-refractivity contribution in [1.82, 2.24) is 0 Å². The smallest absolute Gasteiger partial charge is 0.162 e. The first-order valence-electron chi connectivity index (χ1n) is 5.34. The van der Waals surface area contributed by atoms with Crippen LogP contribution in [-0.2, 0) is 6.42 Å². The molecule has 0 heterocycles. The van der Waals surface area contributed by atoms with Gasteiger partial charge in [-0.25, -0.2) is 8.78 Å². The van der Waals surface area contributed by atoms with E-state index in [1.807, 2.05) is 6.92 Å². The summed E-state index contributed by atoms with van der Waals surface area (Å²) in [6.07, 6.45) is 0.381. The molecule has 0 saturated carbocycles. The number of halogens is 2. The molecule has 0 radical (unpaired) electrons. The maximum absolute atomic E-state index is 13.4. The number of rotatable bonds is 5. The van der Waals surface area contributed by atoms with E-state index >= 15 is 0 Å². The molecule has 3 N–H and O–H groups in total. The summed E-state index contributed by atoms with van der Waals surface area (Å²) in [4.78, 5) is 0. The first kappa shape index (κ1) is 13.1. The second-order valence-corrected chi connectivity index (χ2v) is 4.07. The zero-order chi connectivity index (χ0) is 12.1. The lowest BCUT2D eigenvalue weighted by Gasteiger charge is -2.20. The molecule has 0 aliphatic heterocycles. The fourth-order valence-electron chi connectivity index (χ4n) is 1.71. The molecule has 90 valence electrons. The van der Waals surface area contributed by atoms with Crippen LogP contribution >= 0.6 is 0 Å². The minimum Gasteiger partial charge on any atom is -0.396 e. The summed E-state index contributed by atoms with van der Waals surface area (Å²) in [5, 5.41) is 9.05. The van der Waals surface area contributed by atoms with E-state index in [0.717, 1.165) is 6.07 Å². The van der Waals surface area contributed by atoms with Gasteiger partial charge < -0.3 is 10.8 Å². The number of hydrogen-bond acceptors (Lipinski definition) is 2. The van der Waals surface area contributed by atoms with Gasteiger partial charge in [-0.15, -0.1) is 0 Å². The summed E-state index contributed by atoms with van der Waals surface area (Å²) >= 11 is 0. The quantitative estimate of drug-likeness (QED) is 0.807. The Labute approximate surface area is 94.1 Å². The minimum atomic E-state index is -0.835. The number of aliphatic hydroxyl groups is 1. The SMILES string of the molecule is CC(Cc1cccc(F)c1F)C(CN)CO. The number of benzene rings is 1. The summed E-state index contributed by atoms with van der Waals surface area (Å²) in [7, 11) is 0. The molecule has 2 nitrogen and oxygen atoms in total. The third-order valence-corrected chi connectivity index (χ3v) is 2.92. The van der Waals surface area contributed by atoms with Crippen molar-refractivity contribution >= 4 is 0 Å². The first-order valence-corrected chi connectivity index (χ1v) is 5.34. The molecule has 0 spiro atoms. The van der Waals surface area contributed by atoms with Crippen molar-refractivity contribution in [3.8, 4) is 0 Å². The van der Waals surface area contributed by atoms with E-state index in [4.69, 9.17) is 10.8 Å². The number of nitrogens with two attached hydrogens (primary N) is 1. The fourth-order valence-corrected chi connectivity index (χ4v) is 1.71. The lowest BCUT2D eigenvalue weighted by molar-refractivity contribution is 0.186. The molecule has 0 aliphatic carbocycles. The van der Waals surface area contributed by atoms with Crippen molar-refractivity contribution in [3.63, 3.8) is 0 Å². The molecule has 0 bridgehead atoms. The fraction of sp³-hybridized carbons (Fsp3) is 0.500. The van der Waals surface area contributed by atoms with Crippen LogP contribution in [0, 0.1) is 23.5 Å². The molecule has 1 aromatic rings. The predicted octanol–water partition coefficient (Wildman–Crippen LogP) is 1.71. The van der Waals surface area contributed by atoms with E-state index in [9.17, 15) is 8.78 Å². The molecular weight excluding hydrogens is 212 g/mol. The first-order chi connectivity index (χ1) is 7.60. The predicted molar refractivity (Wildman–Crippen MR) is 58.9 cm³/mol. The number of aliphatic hydroxyl groups excluding tert-OH is 1. The molecule has 0 aromatic heterocycles. The molecular formula is C12H17F2NO. The lowest BCUT2D eigenvalue weighted by Crippen LogP contribution is -2.26. The average molecular weight is 229 g/mol. The molecule has 4 heteroatoms. The van der Waals surface area contributed by atoms with E-state index in [-0.39, 0.29) is 18.4 Å². The summed E-state index contributed by atoms with van der Waals surface area (Å²) in [6.45, 7) is 2.18. The van der Waals surface area contributed by atoms with Crippen molar-refractivity contribution < 1.29 is 13.9 Å². The highest BCUT2D eigenvalue weighted by Crippen LogP contribution is 2.20. The maximum Gasteiger partial charge on any atom is 0.162 e. The van der Waals surface area contributed by atoms with E-state index in [1.54, 1.807) is 6.07 Å². The molecule has 1 aromatic carbocycles. The van der Waals surface area contributed by atoms with Gasteiger partial charge in [0.25, 0.3) is 0 Å². The Bertz CT molecular complexity index is 340. The highest BCUT2D eigenvalue weighted by molar-refractivity contribution is 5.19. The van der Waals surface area contributed by atoms with Gasteiger partial charge in [-0.05, 0) is 36.4 Å². The normalized spacial score (nSPS) is 14.8. The van der Waals surface area contributed by atoms with Gasteiger partial charge in [-0.1, -0.05) is 19.1 Å². The van der Waals surface area contributed by atoms with Gasteiger partial charge in [0.2, 0.25) is 0 Å². The Morgan fingerprint density at radius 3 is 2.62 bits per heavy atom. The molecule has 0 aliphatic rings. The van der Waals surface area contributed by atoms with E-state index in [1.165, 1.54) is 6.07 Å². The third kappa shape index (κ3) is 3.00. The molecule has 1 rings (SSSR count). The van der Waals surface area contributed by atoms with Gasteiger partial charge >= 0.3 is 0 Å². The van der Waals surface area contributed by atoms with Crippen molar-refractivity contribution in [2.45, 2.75) is 13.3 Å². The van der Waals surface area contributed by atoms with Crippen molar-refractivity contribution in [1.29, 1.82) is 0 Å². The Balaban J connectivity index is 2.76. The van der Waals surface area contributed by atoms with Crippen LogP contribution in [0.1, 0.15) is 12.5 Å². The monoisotopic (exact) mass is 229 g/mol. The molecule has 0 fully saturated rings. The van der Waals surface area contributed by atoms with Gasteiger partial charge in [0.15, 0.2) is 11.6 Å². The van der Waals surface area contributed by atoms with Gasteiger partial charge in [0.05, 0.1) is 0 Å². The van der Waals surface area contributed by atoms with Crippen LogP contribution in [0.15, 0.2) is 18.2 Å². The summed E-state index contributed by atoms with van der Waals surface area (Å²) in [5.74, 6) is -1.70.